The monoisotopic (exact) mass is 455 g/mol. The Morgan fingerprint density at radius 3 is 2.42 bits per heavy atom. The highest BCUT2D eigenvalue weighted by molar-refractivity contribution is 7.15. The average Bonchev–Trinajstić information content (AvgIpc) is 3.59. The molecule has 166 valence electrons. The minimum absolute atomic E-state index is 0.946. The normalized spacial score (nSPS) is 14.3. The predicted molar refractivity (Wildman–Crippen MR) is 133 cm³/mol. The molecule has 1 saturated heterocycles. The Morgan fingerprint density at radius 1 is 0.818 bits per heavy atom. The molecule has 0 spiro atoms. The van der Waals surface area contributed by atoms with Crippen LogP contribution in [-0.2, 0) is 13.5 Å². The first-order valence-electron chi connectivity index (χ1n) is 11.2. The first-order chi connectivity index (χ1) is 16.2. The van der Waals surface area contributed by atoms with Crippen molar-refractivity contribution in [2.24, 2.45) is 7.05 Å². The van der Waals surface area contributed by atoms with Gasteiger partial charge >= 0.3 is 0 Å². The van der Waals surface area contributed by atoms with Crippen molar-refractivity contribution in [2.75, 3.05) is 36.0 Å². The molecule has 0 aliphatic carbocycles. The van der Waals surface area contributed by atoms with Crippen molar-refractivity contribution >= 4 is 27.7 Å². The van der Waals surface area contributed by atoms with Crippen molar-refractivity contribution in [3.8, 4) is 11.1 Å². The Bertz CT molecular complexity index is 1380. The Kier molecular flexibility index (Phi) is 5.07. The van der Waals surface area contributed by atoms with Crippen LogP contribution in [0.3, 0.4) is 0 Å². The molecule has 6 rings (SSSR count). The van der Waals surface area contributed by atoms with Crippen LogP contribution in [0.2, 0.25) is 0 Å². The van der Waals surface area contributed by atoms with Crippen LogP contribution >= 0.6 is 11.3 Å². The van der Waals surface area contributed by atoms with Crippen LogP contribution in [0.25, 0.3) is 16.6 Å². The lowest BCUT2D eigenvalue weighted by Crippen LogP contribution is -2.46. The minimum atomic E-state index is 0.946. The Balaban J connectivity index is 1.14. The average molecular weight is 456 g/mol. The maximum atomic E-state index is 4.72. The Hall–Kier alpha value is -3.65. The molecule has 4 aromatic heterocycles. The fourth-order valence-corrected chi connectivity index (χ4v) is 5.41. The number of benzene rings is 1. The van der Waals surface area contributed by atoms with E-state index in [2.05, 4.69) is 68.7 Å². The van der Waals surface area contributed by atoms with E-state index in [1.807, 2.05) is 52.4 Å². The van der Waals surface area contributed by atoms with Gasteiger partial charge < -0.3 is 9.80 Å². The molecule has 5 aromatic rings. The summed E-state index contributed by atoms with van der Waals surface area (Å²) in [6.45, 7) is 3.84. The number of thiazole rings is 1. The van der Waals surface area contributed by atoms with Crippen molar-refractivity contribution in [1.29, 1.82) is 0 Å². The van der Waals surface area contributed by atoms with Gasteiger partial charge in [0.25, 0.3) is 0 Å². The molecule has 8 heteroatoms. The van der Waals surface area contributed by atoms with E-state index in [1.54, 1.807) is 0 Å². The highest BCUT2D eigenvalue weighted by Gasteiger charge is 2.22. The van der Waals surface area contributed by atoms with Gasteiger partial charge in [-0.25, -0.2) is 9.50 Å². The summed E-state index contributed by atoms with van der Waals surface area (Å²) in [5.41, 5.74) is 5.87. The molecule has 7 nitrogen and oxygen atoms in total. The third kappa shape index (κ3) is 3.98. The summed E-state index contributed by atoms with van der Waals surface area (Å²) in [6, 6.07) is 14.9. The summed E-state index contributed by atoms with van der Waals surface area (Å²) in [4.78, 5) is 10.9. The molecule has 1 fully saturated rings. The number of anilines is 2. The zero-order valence-corrected chi connectivity index (χ0v) is 19.3. The highest BCUT2D eigenvalue weighted by Crippen LogP contribution is 2.29. The maximum Gasteiger partial charge on any atom is 0.185 e. The molecule has 0 radical (unpaired) electrons. The maximum absolute atomic E-state index is 4.72. The van der Waals surface area contributed by atoms with Gasteiger partial charge in [-0.3, -0.25) is 4.68 Å². The number of hydrogen-bond acceptors (Lipinski definition) is 6. The number of pyridine rings is 1. The molecule has 0 amide bonds. The number of hydrogen-bond donors (Lipinski definition) is 0. The van der Waals surface area contributed by atoms with Crippen LogP contribution in [0.1, 0.15) is 10.4 Å². The Labute approximate surface area is 196 Å². The molecular weight excluding hydrogens is 430 g/mol. The largest absolute Gasteiger partial charge is 0.365 e. The van der Waals surface area contributed by atoms with Gasteiger partial charge in [-0.2, -0.15) is 10.2 Å². The minimum Gasteiger partial charge on any atom is -0.365 e. The fraction of sp³-hybridized carbons (Fsp3) is 0.240. The van der Waals surface area contributed by atoms with Crippen molar-refractivity contribution in [1.82, 2.24) is 24.4 Å². The van der Waals surface area contributed by atoms with Crippen molar-refractivity contribution < 1.29 is 0 Å². The fourth-order valence-electron chi connectivity index (χ4n) is 4.42. The number of piperazine rings is 1. The molecule has 0 saturated carbocycles. The van der Waals surface area contributed by atoms with Crippen LogP contribution < -0.4 is 9.80 Å². The predicted octanol–water partition coefficient (Wildman–Crippen LogP) is 4.11. The molecule has 1 aromatic carbocycles. The van der Waals surface area contributed by atoms with Gasteiger partial charge in [0, 0.05) is 74.2 Å². The van der Waals surface area contributed by atoms with E-state index < -0.39 is 0 Å². The zero-order chi connectivity index (χ0) is 22.2. The van der Waals surface area contributed by atoms with Crippen LogP contribution in [-0.4, -0.2) is 50.6 Å². The number of rotatable bonds is 5. The van der Waals surface area contributed by atoms with Gasteiger partial charge in [0.05, 0.1) is 23.6 Å². The summed E-state index contributed by atoms with van der Waals surface area (Å²) in [5, 5.41) is 10.0. The van der Waals surface area contributed by atoms with E-state index in [4.69, 9.17) is 4.98 Å². The molecule has 1 aliphatic heterocycles. The smallest absolute Gasteiger partial charge is 0.185 e. The summed E-state index contributed by atoms with van der Waals surface area (Å²) in [5.74, 6) is 0. The van der Waals surface area contributed by atoms with Gasteiger partial charge in [-0.1, -0.05) is 36.4 Å². The Morgan fingerprint density at radius 2 is 1.64 bits per heavy atom. The third-order valence-electron chi connectivity index (χ3n) is 6.19. The molecular formula is C25H25N7S. The first kappa shape index (κ1) is 20.0. The second kappa shape index (κ2) is 8.37. The summed E-state index contributed by atoms with van der Waals surface area (Å²) in [7, 11) is 1.93. The topological polar surface area (TPSA) is 54.5 Å². The van der Waals surface area contributed by atoms with Crippen LogP contribution in [0, 0.1) is 0 Å². The van der Waals surface area contributed by atoms with Crippen molar-refractivity contribution in [3.63, 3.8) is 0 Å². The van der Waals surface area contributed by atoms with Gasteiger partial charge in [-0.15, -0.1) is 11.3 Å². The highest BCUT2D eigenvalue weighted by atomic mass is 32.1. The van der Waals surface area contributed by atoms with E-state index in [0.717, 1.165) is 54.4 Å². The second-order valence-electron chi connectivity index (χ2n) is 8.43. The molecule has 33 heavy (non-hydrogen) atoms. The van der Waals surface area contributed by atoms with E-state index in [9.17, 15) is 0 Å². The van der Waals surface area contributed by atoms with Gasteiger partial charge in [0.2, 0.25) is 0 Å². The molecule has 0 bridgehead atoms. The summed E-state index contributed by atoms with van der Waals surface area (Å²) >= 11 is 1.81. The molecule has 0 N–H and O–H groups in total. The van der Waals surface area contributed by atoms with Gasteiger partial charge in [0.1, 0.15) is 0 Å². The third-order valence-corrected chi connectivity index (χ3v) is 7.25. The van der Waals surface area contributed by atoms with Crippen molar-refractivity contribution in [3.05, 3.63) is 83.9 Å². The molecule has 0 atom stereocenters. The number of aromatic nitrogens is 5. The number of nitrogens with zero attached hydrogens (tertiary/aromatic N) is 7. The van der Waals surface area contributed by atoms with Gasteiger partial charge in [-0.05, 0) is 11.6 Å². The van der Waals surface area contributed by atoms with Crippen LogP contribution in [0.5, 0.6) is 0 Å². The SMILES string of the molecule is Cn1cc(-c2ccc3c(N4CCN(c5ncc(Cc6ccccc6)s5)CC4)cnn3c2)cn1. The van der Waals surface area contributed by atoms with Gasteiger partial charge in [0.15, 0.2) is 5.13 Å². The lowest BCUT2D eigenvalue weighted by molar-refractivity contribution is 0.653. The zero-order valence-electron chi connectivity index (χ0n) is 18.5. The quantitative estimate of drug-likeness (QED) is 0.399. The number of aryl methyl sites for hydroxylation is 1. The molecule has 0 unspecified atom stereocenters. The van der Waals surface area contributed by atoms with E-state index in [1.165, 1.54) is 16.1 Å². The second-order valence-corrected chi connectivity index (χ2v) is 9.52. The molecule has 1 aliphatic rings. The van der Waals surface area contributed by atoms with Crippen LogP contribution in [0.15, 0.2) is 73.4 Å². The van der Waals surface area contributed by atoms with E-state index in [-0.39, 0.29) is 0 Å². The van der Waals surface area contributed by atoms with Crippen molar-refractivity contribution in [2.45, 2.75) is 6.42 Å². The van der Waals surface area contributed by atoms with E-state index >= 15 is 0 Å². The van der Waals surface area contributed by atoms with Crippen LogP contribution in [0.4, 0.5) is 10.8 Å². The molecule has 5 heterocycles. The lowest BCUT2D eigenvalue weighted by atomic mass is 10.1. The van der Waals surface area contributed by atoms with E-state index in [0.29, 0.717) is 0 Å². The lowest BCUT2D eigenvalue weighted by Gasteiger charge is -2.35. The number of fused-ring (bicyclic) bond motifs is 1. The first-order valence-corrected chi connectivity index (χ1v) is 12.0. The summed E-state index contributed by atoms with van der Waals surface area (Å²) < 4.78 is 3.79. The summed E-state index contributed by atoms with van der Waals surface area (Å²) in [6.07, 6.45) is 10.9. The standard InChI is InChI=1S/C25H25N7S/c1-29-17-21(14-27-29)20-7-8-23-24(16-28-32(23)18-20)30-9-11-31(12-10-30)25-26-15-22(33-25)13-19-5-3-2-4-6-19/h2-8,14-18H,9-13H2,1H3.